The summed E-state index contributed by atoms with van der Waals surface area (Å²) in [6, 6.07) is 1.90. The Morgan fingerprint density at radius 2 is 1.60 bits per heavy atom. The van der Waals surface area contributed by atoms with Crippen LogP contribution in [0.5, 0.6) is 0 Å². The van der Waals surface area contributed by atoms with Crippen LogP contribution in [0.15, 0.2) is 6.07 Å². The van der Waals surface area contributed by atoms with Crippen molar-refractivity contribution in [1.29, 1.82) is 0 Å². The molecule has 2 saturated heterocycles. The zero-order valence-electron chi connectivity index (χ0n) is 12.0. The second-order valence-electron chi connectivity index (χ2n) is 5.59. The van der Waals surface area contributed by atoms with Gasteiger partial charge >= 0.3 is 0 Å². The highest BCUT2D eigenvalue weighted by Crippen LogP contribution is 2.21. The number of rotatable bonds is 2. The molecule has 0 bridgehead atoms. The predicted octanol–water partition coefficient (Wildman–Crippen LogP) is 0.849. The van der Waals surface area contributed by atoms with Gasteiger partial charge in [0.1, 0.15) is 11.6 Å². The Kier molecular flexibility index (Phi) is 4.20. The normalized spacial score (nSPS) is 20.8. The minimum Gasteiger partial charge on any atom is -0.383 e. The van der Waals surface area contributed by atoms with Crippen molar-refractivity contribution in [3.05, 3.63) is 6.07 Å². The molecule has 2 aliphatic heterocycles. The van der Waals surface area contributed by atoms with Gasteiger partial charge < -0.3 is 20.9 Å². The minimum atomic E-state index is 0.577. The average Bonchev–Trinajstić information content (AvgIpc) is 2.77. The highest BCUT2D eigenvalue weighted by atomic mass is 15.3. The first-order valence-electron chi connectivity index (χ1n) is 7.68. The molecule has 0 spiro atoms. The van der Waals surface area contributed by atoms with Gasteiger partial charge in [-0.3, -0.25) is 0 Å². The molecule has 0 atom stereocenters. The van der Waals surface area contributed by atoms with E-state index < -0.39 is 0 Å². The molecule has 0 unspecified atom stereocenters. The lowest BCUT2D eigenvalue weighted by atomic mass is 10.2. The zero-order chi connectivity index (χ0) is 13.8. The second-order valence-corrected chi connectivity index (χ2v) is 5.59. The topological polar surface area (TPSA) is 70.3 Å². The molecule has 0 aliphatic carbocycles. The van der Waals surface area contributed by atoms with E-state index in [1.165, 1.54) is 25.7 Å². The van der Waals surface area contributed by atoms with Crippen LogP contribution in [-0.4, -0.2) is 49.2 Å². The maximum absolute atomic E-state index is 5.99. The van der Waals surface area contributed by atoms with Crippen LogP contribution in [0.3, 0.4) is 0 Å². The van der Waals surface area contributed by atoms with Crippen LogP contribution in [0.4, 0.5) is 17.6 Å². The molecule has 1 aromatic rings. The Labute approximate surface area is 120 Å². The Morgan fingerprint density at radius 3 is 2.30 bits per heavy atom. The van der Waals surface area contributed by atoms with Crippen LogP contribution in [0, 0.1) is 0 Å². The molecular weight excluding hydrogens is 252 g/mol. The van der Waals surface area contributed by atoms with E-state index in [4.69, 9.17) is 10.7 Å². The van der Waals surface area contributed by atoms with Crippen molar-refractivity contribution >= 4 is 17.6 Å². The number of nitrogens with one attached hydrogen (secondary N) is 1. The largest absolute Gasteiger partial charge is 0.383 e. The number of hydrogen-bond donors (Lipinski definition) is 2. The molecular formula is C14H24N6. The summed E-state index contributed by atoms with van der Waals surface area (Å²) in [5.41, 5.74) is 5.99. The first kappa shape index (κ1) is 13.4. The summed E-state index contributed by atoms with van der Waals surface area (Å²) in [7, 11) is 0. The summed E-state index contributed by atoms with van der Waals surface area (Å²) in [6.07, 6.45) is 5.06. The molecule has 6 heteroatoms. The number of nitrogens with two attached hydrogens (primary N) is 1. The molecule has 0 amide bonds. The number of piperazine rings is 1. The fraction of sp³-hybridized carbons (Fsp3) is 0.714. The molecule has 0 saturated carbocycles. The van der Waals surface area contributed by atoms with Gasteiger partial charge in [0.05, 0.1) is 0 Å². The van der Waals surface area contributed by atoms with Gasteiger partial charge in [-0.25, -0.2) is 0 Å². The van der Waals surface area contributed by atoms with Crippen molar-refractivity contribution in [2.24, 2.45) is 0 Å². The van der Waals surface area contributed by atoms with Crippen molar-refractivity contribution in [2.75, 3.05) is 54.8 Å². The van der Waals surface area contributed by atoms with E-state index in [1.54, 1.807) is 0 Å². The number of hydrogen-bond acceptors (Lipinski definition) is 6. The first-order valence-corrected chi connectivity index (χ1v) is 7.68. The monoisotopic (exact) mass is 276 g/mol. The maximum Gasteiger partial charge on any atom is 0.229 e. The van der Waals surface area contributed by atoms with E-state index >= 15 is 0 Å². The van der Waals surface area contributed by atoms with Crippen molar-refractivity contribution in [2.45, 2.75) is 25.7 Å². The molecule has 20 heavy (non-hydrogen) atoms. The van der Waals surface area contributed by atoms with Gasteiger partial charge in [-0.15, -0.1) is 0 Å². The van der Waals surface area contributed by atoms with Gasteiger partial charge in [0.15, 0.2) is 0 Å². The second kappa shape index (κ2) is 6.26. The zero-order valence-corrected chi connectivity index (χ0v) is 12.0. The van der Waals surface area contributed by atoms with E-state index in [9.17, 15) is 0 Å². The predicted molar refractivity (Wildman–Crippen MR) is 82.2 cm³/mol. The van der Waals surface area contributed by atoms with Gasteiger partial charge in [0.25, 0.3) is 0 Å². The Balaban J connectivity index is 1.81. The molecule has 110 valence electrons. The number of nitrogen functional groups attached to an aromatic ring is 1. The summed E-state index contributed by atoms with van der Waals surface area (Å²) < 4.78 is 0. The van der Waals surface area contributed by atoms with Crippen molar-refractivity contribution < 1.29 is 0 Å². The fourth-order valence-corrected chi connectivity index (χ4v) is 2.91. The lowest BCUT2D eigenvalue weighted by Crippen LogP contribution is -2.44. The van der Waals surface area contributed by atoms with Gasteiger partial charge in [0, 0.05) is 45.3 Å². The van der Waals surface area contributed by atoms with Crippen molar-refractivity contribution in [3.63, 3.8) is 0 Å². The summed E-state index contributed by atoms with van der Waals surface area (Å²) in [4.78, 5) is 13.8. The summed E-state index contributed by atoms with van der Waals surface area (Å²) in [5.74, 6) is 2.35. The van der Waals surface area contributed by atoms with Gasteiger partial charge in [-0.05, 0) is 12.8 Å². The highest BCUT2D eigenvalue weighted by molar-refractivity contribution is 5.52. The molecule has 0 aromatic carbocycles. The molecule has 1 aromatic heterocycles. The van der Waals surface area contributed by atoms with E-state index in [0.717, 1.165) is 51.0 Å². The van der Waals surface area contributed by atoms with Crippen molar-refractivity contribution in [3.8, 4) is 0 Å². The molecule has 6 nitrogen and oxygen atoms in total. The molecule has 3 N–H and O–H groups in total. The Hall–Kier alpha value is -1.56. The number of anilines is 3. The third-order valence-corrected chi connectivity index (χ3v) is 4.05. The quantitative estimate of drug-likeness (QED) is 0.834. The fourth-order valence-electron chi connectivity index (χ4n) is 2.91. The molecule has 2 aliphatic rings. The van der Waals surface area contributed by atoms with E-state index in [1.807, 2.05) is 6.07 Å². The third kappa shape index (κ3) is 3.12. The summed E-state index contributed by atoms with van der Waals surface area (Å²) in [6.45, 7) is 6.06. The summed E-state index contributed by atoms with van der Waals surface area (Å²) in [5, 5.41) is 3.36. The smallest absolute Gasteiger partial charge is 0.229 e. The van der Waals surface area contributed by atoms with Crippen molar-refractivity contribution in [1.82, 2.24) is 15.3 Å². The molecule has 3 heterocycles. The first-order chi connectivity index (χ1) is 9.83. The van der Waals surface area contributed by atoms with E-state index in [-0.39, 0.29) is 0 Å². The van der Waals surface area contributed by atoms with Gasteiger partial charge in [-0.2, -0.15) is 9.97 Å². The SMILES string of the molecule is Nc1cc(N2CCNCC2)nc(N2CCCCCC2)n1. The number of nitrogens with zero attached hydrogens (tertiary/aromatic N) is 4. The van der Waals surface area contributed by atoms with E-state index in [0.29, 0.717) is 5.82 Å². The lowest BCUT2D eigenvalue weighted by molar-refractivity contribution is 0.584. The van der Waals surface area contributed by atoms with Crippen LogP contribution in [0.2, 0.25) is 0 Å². The average molecular weight is 276 g/mol. The molecule has 2 fully saturated rings. The number of aromatic nitrogens is 2. The molecule has 0 radical (unpaired) electrons. The third-order valence-electron chi connectivity index (χ3n) is 4.05. The minimum absolute atomic E-state index is 0.577. The van der Waals surface area contributed by atoms with Crippen LogP contribution in [0.25, 0.3) is 0 Å². The Morgan fingerprint density at radius 1 is 0.900 bits per heavy atom. The van der Waals surface area contributed by atoms with Gasteiger partial charge in [0.2, 0.25) is 5.95 Å². The van der Waals surface area contributed by atoms with Crippen LogP contribution in [-0.2, 0) is 0 Å². The standard InChI is InChI=1S/C14H24N6/c15-12-11-13(19-9-5-16-6-10-19)18-14(17-12)20-7-3-1-2-4-8-20/h11,16H,1-10H2,(H2,15,17,18). The van der Waals surface area contributed by atoms with Crippen LogP contribution >= 0.6 is 0 Å². The van der Waals surface area contributed by atoms with Crippen LogP contribution < -0.4 is 20.9 Å². The van der Waals surface area contributed by atoms with Crippen LogP contribution in [0.1, 0.15) is 25.7 Å². The highest BCUT2D eigenvalue weighted by Gasteiger charge is 2.17. The summed E-state index contributed by atoms with van der Waals surface area (Å²) >= 11 is 0. The maximum atomic E-state index is 5.99. The Bertz CT molecular complexity index is 435. The van der Waals surface area contributed by atoms with Gasteiger partial charge in [-0.1, -0.05) is 12.8 Å². The lowest BCUT2D eigenvalue weighted by Gasteiger charge is -2.29. The molecule has 3 rings (SSSR count). The van der Waals surface area contributed by atoms with E-state index in [2.05, 4.69) is 20.1 Å².